The van der Waals surface area contributed by atoms with Crippen LogP contribution in [-0.4, -0.2) is 96.5 Å². The van der Waals surface area contributed by atoms with Crippen molar-refractivity contribution in [2.75, 3.05) is 75.3 Å². The smallest absolute Gasteiger partial charge is 0.253 e. The molecule has 8 nitrogen and oxygen atoms in total. The Balaban J connectivity index is 1.30. The summed E-state index contributed by atoms with van der Waals surface area (Å²) >= 11 is 0. The van der Waals surface area contributed by atoms with Gasteiger partial charge in [0.1, 0.15) is 0 Å². The number of carbonyl (C=O) groups is 1. The first-order chi connectivity index (χ1) is 14.6. The van der Waals surface area contributed by atoms with E-state index in [9.17, 15) is 4.79 Å². The van der Waals surface area contributed by atoms with Crippen LogP contribution in [0.5, 0.6) is 0 Å². The fourth-order valence-electron chi connectivity index (χ4n) is 4.10. The predicted molar refractivity (Wildman–Crippen MR) is 117 cm³/mol. The maximum absolute atomic E-state index is 12.7. The SMILES string of the molecule is Cc1cccc(C(=O)N2CCN(c3ccc(N4CCN(CCO)CC4)nn3)CC2)c1. The molecule has 0 spiro atoms. The molecule has 2 fully saturated rings. The molecule has 0 atom stereocenters. The lowest BCUT2D eigenvalue weighted by atomic mass is 10.1. The van der Waals surface area contributed by atoms with Crippen LogP contribution < -0.4 is 9.80 Å². The van der Waals surface area contributed by atoms with E-state index in [2.05, 4.69) is 24.9 Å². The van der Waals surface area contributed by atoms with Crippen molar-refractivity contribution in [3.63, 3.8) is 0 Å². The third-order valence-electron chi connectivity index (χ3n) is 5.90. The Bertz CT molecular complexity index is 843. The molecule has 160 valence electrons. The Morgan fingerprint density at radius 2 is 1.50 bits per heavy atom. The van der Waals surface area contributed by atoms with Crippen LogP contribution in [0.25, 0.3) is 0 Å². The zero-order valence-electron chi connectivity index (χ0n) is 17.6. The number of hydrogen-bond acceptors (Lipinski definition) is 7. The van der Waals surface area contributed by atoms with Crippen molar-refractivity contribution >= 4 is 17.5 Å². The first-order valence-corrected chi connectivity index (χ1v) is 10.7. The summed E-state index contributed by atoms with van der Waals surface area (Å²) in [6.07, 6.45) is 0. The van der Waals surface area contributed by atoms with E-state index in [1.165, 1.54) is 0 Å². The van der Waals surface area contributed by atoms with Gasteiger partial charge in [0, 0.05) is 64.5 Å². The summed E-state index contributed by atoms with van der Waals surface area (Å²) in [4.78, 5) is 21.3. The van der Waals surface area contributed by atoms with Gasteiger partial charge in [-0.1, -0.05) is 17.7 Å². The lowest BCUT2D eigenvalue weighted by Gasteiger charge is -2.36. The molecule has 0 aliphatic carbocycles. The number of anilines is 2. The highest BCUT2D eigenvalue weighted by Gasteiger charge is 2.24. The number of aliphatic hydroxyl groups is 1. The summed E-state index contributed by atoms with van der Waals surface area (Å²) in [5.74, 6) is 1.86. The van der Waals surface area contributed by atoms with Gasteiger partial charge in [0.15, 0.2) is 11.6 Å². The molecule has 2 aliphatic rings. The molecule has 8 heteroatoms. The van der Waals surface area contributed by atoms with Gasteiger partial charge in [0.25, 0.3) is 5.91 Å². The Labute approximate surface area is 177 Å². The Kier molecular flexibility index (Phi) is 6.44. The second kappa shape index (κ2) is 9.40. The number of nitrogens with zero attached hydrogens (tertiary/aromatic N) is 6. The van der Waals surface area contributed by atoms with Crippen molar-refractivity contribution in [3.8, 4) is 0 Å². The molecule has 4 rings (SSSR count). The Hall–Kier alpha value is -2.71. The molecule has 1 aromatic heterocycles. The third-order valence-corrected chi connectivity index (χ3v) is 5.90. The number of piperazine rings is 2. The zero-order chi connectivity index (χ0) is 20.9. The lowest BCUT2D eigenvalue weighted by Crippen LogP contribution is -2.49. The van der Waals surface area contributed by atoms with Crippen LogP contribution >= 0.6 is 0 Å². The summed E-state index contributed by atoms with van der Waals surface area (Å²) < 4.78 is 0. The zero-order valence-corrected chi connectivity index (χ0v) is 17.6. The van der Waals surface area contributed by atoms with Crippen LogP contribution in [0, 0.1) is 6.92 Å². The van der Waals surface area contributed by atoms with Crippen LogP contribution in [-0.2, 0) is 0 Å². The molecular formula is C22H30N6O2. The average molecular weight is 411 g/mol. The fraction of sp³-hybridized carbons (Fsp3) is 0.500. The molecule has 0 bridgehead atoms. The topological polar surface area (TPSA) is 76.0 Å². The molecule has 2 aliphatic heterocycles. The van der Waals surface area contributed by atoms with Gasteiger partial charge >= 0.3 is 0 Å². The molecular weight excluding hydrogens is 380 g/mol. The maximum Gasteiger partial charge on any atom is 0.253 e. The monoisotopic (exact) mass is 410 g/mol. The maximum atomic E-state index is 12.7. The highest BCUT2D eigenvalue weighted by atomic mass is 16.3. The van der Waals surface area contributed by atoms with E-state index in [0.717, 1.165) is 68.6 Å². The van der Waals surface area contributed by atoms with Crippen molar-refractivity contribution in [2.45, 2.75) is 6.92 Å². The fourth-order valence-corrected chi connectivity index (χ4v) is 4.10. The van der Waals surface area contributed by atoms with Gasteiger partial charge in [-0.2, -0.15) is 0 Å². The van der Waals surface area contributed by atoms with Crippen LogP contribution in [0.3, 0.4) is 0 Å². The molecule has 3 heterocycles. The number of aromatic nitrogens is 2. The quantitative estimate of drug-likeness (QED) is 0.784. The van der Waals surface area contributed by atoms with Crippen LogP contribution in [0.1, 0.15) is 15.9 Å². The first kappa shape index (κ1) is 20.6. The van der Waals surface area contributed by atoms with E-state index < -0.39 is 0 Å². The molecule has 2 aromatic rings. The number of benzene rings is 1. The lowest BCUT2D eigenvalue weighted by molar-refractivity contribution is 0.0746. The van der Waals surface area contributed by atoms with E-state index in [1.54, 1.807) is 0 Å². The second-order valence-corrected chi connectivity index (χ2v) is 7.95. The number of β-amino-alcohol motifs (C(OH)–C–C–N with tert-alkyl or cyclic N) is 1. The van der Waals surface area contributed by atoms with E-state index in [1.807, 2.05) is 48.2 Å². The van der Waals surface area contributed by atoms with Gasteiger partial charge < -0.3 is 19.8 Å². The summed E-state index contributed by atoms with van der Waals surface area (Å²) in [6, 6.07) is 11.8. The highest BCUT2D eigenvalue weighted by molar-refractivity contribution is 5.94. The predicted octanol–water partition coefficient (Wildman–Crippen LogP) is 0.862. The van der Waals surface area contributed by atoms with Crippen molar-refractivity contribution < 1.29 is 9.90 Å². The minimum atomic E-state index is 0.0973. The van der Waals surface area contributed by atoms with Crippen molar-refractivity contribution in [2.24, 2.45) is 0 Å². The van der Waals surface area contributed by atoms with Crippen molar-refractivity contribution in [1.29, 1.82) is 0 Å². The number of rotatable bonds is 5. The van der Waals surface area contributed by atoms with Crippen LogP contribution in [0.15, 0.2) is 36.4 Å². The number of aliphatic hydroxyl groups excluding tert-OH is 1. The summed E-state index contributed by atoms with van der Waals surface area (Å²) in [5.41, 5.74) is 1.86. The Morgan fingerprint density at radius 1 is 0.900 bits per heavy atom. The second-order valence-electron chi connectivity index (χ2n) is 7.95. The molecule has 0 radical (unpaired) electrons. The van der Waals surface area contributed by atoms with Gasteiger partial charge in [-0.15, -0.1) is 10.2 Å². The molecule has 30 heavy (non-hydrogen) atoms. The molecule has 1 amide bonds. The van der Waals surface area contributed by atoms with Gasteiger partial charge in [-0.05, 0) is 31.2 Å². The summed E-state index contributed by atoms with van der Waals surface area (Å²) in [5, 5.41) is 18.0. The third kappa shape index (κ3) is 4.71. The standard InChI is InChI=1S/C22H30N6O2/c1-18-3-2-4-19(17-18)22(30)28-13-11-27(12-14-28)21-6-5-20(23-24-21)26-9-7-25(8-10-26)15-16-29/h2-6,17,29H,7-16H2,1H3. The molecule has 1 aromatic carbocycles. The summed E-state index contributed by atoms with van der Waals surface area (Å²) in [7, 11) is 0. The van der Waals surface area contributed by atoms with Crippen LogP contribution in [0.2, 0.25) is 0 Å². The number of carbonyl (C=O) groups excluding carboxylic acids is 1. The summed E-state index contributed by atoms with van der Waals surface area (Å²) in [6.45, 7) is 9.48. The molecule has 2 saturated heterocycles. The molecule has 0 unspecified atom stereocenters. The Morgan fingerprint density at radius 3 is 2.03 bits per heavy atom. The minimum absolute atomic E-state index is 0.0973. The van der Waals surface area contributed by atoms with E-state index in [4.69, 9.17) is 5.11 Å². The van der Waals surface area contributed by atoms with Gasteiger partial charge in [-0.3, -0.25) is 9.69 Å². The van der Waals surface area contributed by atoms with Gasteiger partial charge in [-0.25, -0.2) is 0 Å². The largest absolute Gasteiger partial charge is 0.395 e. The van der Waals surface area contributed by atoms with Crippen LogP contribution in [0.4, 0.5) is 11.6 Å². The van der Waals surface area contributed by atoms with E-state index >= 15 is 0 Å². The highest BCUT2D eigenvalue weighted by Crippen LogP contribution is 2.19. The van der Waals surface area contributed by atoms with Gasteiger partial charge in [0.2, 0.25) is 0 Å². The number of amides is 1. The molecule has 0 saturated carbocycles. The number of aryl methyl sites for hydroxylation is 1. The minimum Gasteiger partial charge on any atom is -0.395 e. The first-order valence-electron chi connectivity index (χ1n) is 10.7. The average Bonchev–Trinajstić information content (AvgIpc) is 2.80. The molecule has 1 N–H and O–H groups in total. The normalized spacial score (nSPS) is 18.0. The van der Waals surface area contributed by atoms with E-state index in [-0.39, 0.29) is 12.5 Å². The van der Waals surface area contributed by atoms with Crippen molar-refractivity contribution in [3.05, 3.63) is 47.5 Å². The van der Waals surface area contributed by atoms with Gasteiger partial charge in [0.05, 0.1) is 6.61 Å². The van der Waals surface area contributed by atoms with Crippen molar-refractivity contribution in [1.82, 2.24) is 20.0 Å². The van der Waals surface area contributed by atoms with E-state index in [0.29, 0.717) is 13.1 Å². The number of hydrogen-bond donors (Lipinski definition) is 1.